The molecule has 0 bridgehead atoms. The zero-order valence-electron chi connectivity index (χ0n) is 26.8. The lowest BCUT2D eigenvalue weighted by atomic mass is 9.91. The Labute approximate surface area is 342 Å². The highest BCUT2D eigenvalue weighted by molar-refractivity contribution is 8.92. The number of rotatable bonds is 15. The van der Waals surface area contributed by atoms with Gasteiger partial charge in [-0.2, -0.15) is 0 Å². The van der Waals surface area contributed by atoms with Crippen LogP contribution in [0.5, 0.6) is 0 Å². The van der Waals surface area contributed by atoms with E-state index < -0.39 is 40.9 Å². The second kappa shape index (κ2) is 22.3. The zero-order chi connectivity index (χ0) is 35.3. The van der Waals surface area contributed by atoms with Crippen molar-refractivity contribution in [2.24, 2.45) is 5.41 Å². The van der Waals surface area contributed by atoms with Gasteiger partial charge in [-0.3, -0.25) is 4.18 Å². The van der Waals surface area contributed by atoms with Crippen molar-refractivity contribution < 1.29 is 29.0 Å². The predicted octanol–water partition coefficient (Wildman–Crippen LogP) is 6.45. The highest BCUT2D eigenvalue weighted by Gasteiger charge is 2.62. The van der Waals surface area contributed by atoms with Crippen molar-refractivity contribution in [2.75, 3.05) is 72.2 Å². The summed E-state index contributed by atoms with van der Waals surface area (Å²) >= 11 is 24.3. The van der Waals surface area contributed by atoms with Gasteiger partial charge in [0, 0.05) is 63.2 Å². The lowest BCUT2D eigenvalue weighted by Crippen LogP contribution is -2.56. The van der Waals surface area contributed by atoms with E-state index in [0.717, 1.165) is 126 Å². The second-order valence-corrected chi connectivity index (χ2v) is 23.0. The van der Waals surface area contributed by atoms with Gasteiger partial charge in [0.05, 0.1) is 24.3 Å². The normalized spacial score (nSPS) is 19.2. The smallest absolute Gasteiger partial charge is 0.332 e. The van der Waals surface area contributed by atoms with Gasteiger partial charge < -0.3 is 39.7 Å². The minimum Gasteiger partial charge on any atom is -0.448 e. The Morgan fingerprint density at radius 3 is 1.35 bits per heavy atom. The van der Waals surface area contributed by atoms with E-state index in [1.165, 1.54) is 64.8 Å². The third-order valence-electron chi connectivity index (χ3n) is 8.35. The molecule has 0 saturated carbocycles. The topological polar surface area (TPSA) is 109 Å². The van der Waals surface area contributed by atoms with Crippen LogP contribution in [-0.2, 0) is 13.7 Å². The molecule has 1 atom stereocenters. The Balaban J connectivity index is 1.70. The standard InChI is InChI=1S/C27H42N4O6S12/c32-17-20(35)36-21(42-43-22(38)28-9-1-2-10-28)26(18-33,19-34)27(47-44-23(39)29-11-3-4-12-29,48-45-24(40)30-13-5-6-14-30)37-49-46-25(41)31-15-7-8-16-31/h21,32-34H,1-19H2. The second-order valence-electron chi connectivity index (χ2n) is 11.6. The number of carbonyl (C=O) groups excluding carboxylic acids is 1. The minimum absolute atomic E-state index is 0.610. The van der Waals surface area contributed by atoms with Crippen LogP contribution in [0.2, 0.25) is 0 Å². The molecular weight excluding hydrogens is 861 g/mol. The molecule has 4 aliphatic heterocycles. The van der Waals surface area contributed by atoms with Gasteiger partial charge in [-0.25, -0.2) is 4.79 Å². The molecule has 0 aromatic carbocycles. The summed E-state index contributed by atoms with van der Waals surface area (Å²) < 4.78 is 13.7. The Morgan fingerprint density at radius 1 is 0.612 bits per heavy atom. The number of ether oxygens (including phenoxy) is 1. The average molecular weight is 903 g/mol. The van der Waals surface area contributed by atoms with Crippen LogP contribution in [0.25, 0.3) is 0 Å². The summed E-state index contributed by atoms with van der Waals surface area (Å²) in [5.41, 5.74) is -2.89. The molecule has 22 heteroatoms. The fraction of sp³-hybridized carbons (Fsp3) is 0.815. The molecule has 49 heavy (non-hydrogen) atoms. The maximum absolute atomic E-state index is 12.8. The molecule has 0 spiro atoms. The summed E-state index contributed by atoms with van der Waals surface area (Å²) in [5.74, 6) is -0.905. The van der Waals surface area contributed by atoms with E-state index in [4.69, 9.17) is 57.8 Å². The first-order chi connectivity index (χ1) is 23.7. The molecule has 4 heterocycles. The van der Waals surface area contributed by atoms with Crippen LogP contribution < -0.4 is 0 Å². The summed E-state index contributed by atoms with van der Waals surface area (Å²) in [6.07, 6.45) is 8.39. The number of nitrogens with zero attached hydrogens (tertiary/aromatic N) is 4. The summed E-state index contributed by atoms with van der Waals surface area (Å²) in [6.45, 7) is 4.63. The van der Waals surface area contributed by atoms with Crippen molar-refractivity contribution in [3.05, 3.63) is 0 Å². The van der Waals surface area contributed by atoms with Crippen molar-refractivity contribution in [1.82, 2.24) is 19.6 Å². The van der Waals surface area contributed by atoms with E-state index in [1.807, 2.05) is 0 Å². The van der Waals surface area contributed by atoms with Gasteiger partial charge in [-0.05, 0) is 116 Å². The Bertz CT molecular complexity index is 1100. The van der Waals surface area contributed by atoms with E-state index in [2.05, 4.69) is 19.6 Å². The van der Waals surface area contributed by atoms with E-state index in [9.17, 15) is 20.1 Å². The summed E-state index contributed by atoms with van der Waals surface area (Å²) in [7, 11) is 8.81. The molecule has 4 saturated heterocycles. The first-order valence-corrected chi connectivity index (χ1v) is 26.2. The molecule has 4 rings (SSSR count). The van der Waals surface area contributed by atoms with Gasteiger partial charge in [-0.1, -0.05) is 48.9 Å². The van der Waals surface area contributed by atoms with Crippen molar-refractivity contribution in [3.8, 4) is 0 Å². The molecule has 0 radical (unpaired) electrons. The minimum atomic E-state index is -1.67. The molecule has 3 N–H and O–H groups in total. The van der Waals surface area contributed by atoms with Gasteiger partial charge in [0.15, 0.2) is 5.44 Å². The van der Waals surface area contributed by atoms with Gasteiger partial charge in [0.2, 0.25) is 4.27 Å². The Kier molecular flexibility index (Phi) is 19.7. The number of esters is 1. The van der Waals surface area contributed by atoms with Gasteiger partial charge in [0.1, 0.15) is 29.3 Å². The van der Waals surface area contributed by atoms with Gasteiger partial charge >= 0.3 is 5.97 Å². The number of aliphatic hydroxyl groups is 3. The first kappa shape index (κ1) is 43.4. The number of likely N-dealkylation sites (tertiary alicyclic amines) is 4. The monoisotopic (exact) mass is 902 g/mol. The third kappa shape index (κ3) is 12.1. The maximum Gasteiger partial charge on any atom is 0.332 e. The summed E-state index contributed by atoms with van der Waals surface area (Å²) in [5, 5.41) is 32.7. The van der Waals surface area contributed by atoms with Crippen molar-refractivity contribution >= 4 is 159 Å². The Hall–Kier alpha value is 1.67. The number of hydrogen-bond donors (Lipinski definition) is 3. The van der Waals surface area contributed by atoms with E-state index in [0.29, 0.717) is 17.3 Å². The summed E-state index contributed by atoms with van der Waals surface area (Å²) in [6, 6.07) is 0. The average Bonchev–Trinajstić information content (AvgIpc) is 3.96. The van der Waals surface area contributed by atoms with E-state index in [-0.39, 0.29) is 0 Å². The van der Waals surface area contributed by atoms with Crippen LogP contribution in [0.3, 0.4) is 0 Å². The van der Waals surface area contributed by atoms with Crippen LogP contribution in [0.1, 0.15) is 51.4 Å². The fourth-order valence-electron chi connectivity index (χ4n) is 5.38. The van der Waals surface area contributed by atoms with Crippen molar-refractivity contribution in [1.29, 1.82) is 0 Å². The number of aliphatic hydroxyl groups excluding tert-OH is 3. The van der Waals surface area contributed by atoms with Crippen LogP contribution in [0, 0.1) is 5.41 Å². The fourth-order valence-corrected chi connectivity index (χ4v) is 19.0. The molecule has 0 aromatic heterocycles. The quantitative estimate of drug-likeness (QED) is 0.0550. The van der Waals surface area contributed by atoms with E-state index >= 15 is 0 Å². The molecule has 278 valence electrons. The maximum atomic E-state index is 12.8. The molecule has 0 aliphatic carbocycles. The van der Waals surface area contributed by atoms with E-state index in [1.54, 1.807) is 0 Å². The SMILES string of the molecule is O=C(CO)OC(SSC(=S)N1CCCC1)C(CO)(CO)C(OSSC(=S)N1CCCC1)(SSC(=S)N1CCCC1)SSC(=S)N1CCCC1. The molecule has 4 fully saturated rings. The Morgan fingerprint density at radius 2 is 0.980 bits per heavy atom. The number of thiocarbonyl (C=S) groups is 4. The number of carbonyl (C=O) groups is 1. The summed E-state index contributed by atoms with van der Waals surface area (Å²) in [4.78, 5) is 21.3. The lowest BCUT2D eigenvalue weighted by Gasteiger charge is -2.48. The van der Waals surface area contributed by atoms with Gasteiger partial charge in [-0.15, -0.1) is 0 Å². The molecule has 4 aliphatic rings. The van der Waals surface area contributed by atoms with Crippen molar-refractivity contribution in [3.63, 3.8) is 0 Å². The largest absolute Gasteiger partial charge is 0.448 e. The van der Waals surface area contributed by atoms with Crippen LogP contribution in [0.4, 0.5) is 0 Å². The van der Waals surface area contributed by atoms with Gasteiger partial charge in [0.25, 0.3) is 0 Å². The van der Waals surface area contributed by atoms with Crippen molar-refractivity contribution in [2.45, 2.75) is 61.1 Å². The number of hydrogen-bond acceptors (Lipinski definition) is 18. The molecular formula is C27H42N4O6S12. The molecule has 0 amide bonds. The molecule has 0 aromatic rings. The van der Waals surface area contributed by atoms with Crippen LogP contribution >= 0.6 is 136 Å². The molecule has 1 unspecified atom stereocenters. The van der Waals surface area contributed by atoms with Crippen LogP contribution in [0.15, 0.2) is 0 Å². The van der Waals surface area contributed by atoms with Crippen LogP contribution in [-0.4, -0.2) is 140 Å². The zero-order valence-corrected chi connectivity index (χ0v) is 36.6. The lowest BCUT2D eigenvalue weighted by molar-refractivity contribution is -0.159. The predicted molar refractivity (Wildman–Crippen MR) is 232 cm³/mol. The molecule has 10 nitrogen and oxygen atoms in total. The highest BCUT2D eigenvalue weighted by Crippen LogP contribution is 2.65. The first-order valence-electron chi connectivity index (χ1n) is 15.9. The third-order valence-corrected chi connectivity index (χ3v) is 22.4. The highest BCUT2D eigenvalue weighted by atomic mass is 33.1.